The molecule has 1 saturated heterocycles. The number of ketones is 1. The fourth-order valence-corrected chi connectivity index (χ4v) is 5.61. The van der Waals surface area contributed by atoms with Crippen molar-refractivity contribution in [2.24, 2.45) is 0 Å². The Labute approximate surface area is 176 Å². The van der Waals surface area contributed by atoms with Gasteiger partial charge in [0.05, 0.1) is 27.0 Å². The number of Topliss-reactive ketones (excluding diaryl/α,β-unsaturated/α-hetero) is 1. The molecule has 0 saturated carbocycles. The number of ether oxygens (including phenoxy) is 1. The highest BCUT2D eigenvalue weighted by atomic mass is 32.2. The summed E-state index contributed by atoms with van der Waals surface area (Å²) in [5, 5.41) is 10.9. The zero-order valence-electron chi connectivity index (χ0n) is 16.2. The molecule has 1 aliphatic rings. The Hall–Kier alpha value is -2.23. The van der Waals surface area contributed by atoms with Crippen LogP contribution in [0.5, 0.6) is 0 Å². The first kappa shape index (κ1) is 20.1. The largest absolute Gasteiger partial charge is 0.376 e. The summed E-state index contributed by atoms with van der Waals surface area (Å²) in [6.07, 6.45) is 2.38. The fraction of sp³-hybridized carbons (Fsp3) is 0.400. The minimum Gasteiger partial charge on any atom is -0.376 e. The van der Waals surface area contributed by atoms with E-state index in [0.29, 0.717) is 5.52 Å². The molecular formula is C20H21N3O4S2. The Morgan fingerprint density at radius 1 is 1.41 bits per heavy atom. The molecular weight excluding hydrogens is 410 g/mol. The van der Waals surface area contributed by atoms with E-state index in [-0.39, 0.29) is 23.3 Å². The lowest BCUT2D eigenvalue weighted by Gasteiger charge is -2.14. The lowest BCUT2D eigenvalue weighted by atomic mass is 10.2. The summed E-state index contributed by atoms with van der Waals surface area (Å²) in [6, 6.07) is 6.58. The summed E-state index contributed by atoms with van der Waals surface area (Å²) in [5.41, 5.74) is 3.55. The van der Waals surface area contributed by atoms with Crippen molar-refractivity contribution in [2.75, 3.05) is 12.4 Å². The van der Waals surface area contributed by atoms with Gasteiger partial charge in [-0.1, -0.05) is 11.8 Å². The summed E-state index contributed by atoms with van der Waals surface area (Å²) in [5.74, 6) is 0.346. The second kappa shape index (κ2) is 8.25. The predicted molar refractivity (Wildman–Crippen MR) is 114 cm³/mol. The van der Waals surface area contributed by atoms with Gasteiger partial charge in [0.15, 0.2) is 10.1 Å². The van der Waals surface area contributed by atoms with E-state index >= 15 is 0 Å². The van der Waals surface area contributed by atoms with Gasteiger partial charge in [-0.2, -0.15) is 0 Å². The van der Waals surface area contributed by atoms with E-state index < -0.39 is 4.92 Å². The molecule has 1 fully saturated rings. The molecule has 0 amide bonds. The van der Waals surface area contributed by atoms with Crippen LogP contribution in [0.3, 0.4) is 0 Å². The van der Waals surface area contributed by atoms with Crippen LogP contribution >= 0.6 is 23.1 Å². The quantitative estimate of drug-likeness (QED) is 0.232. The maximum absolute atomic E-state index is 12.8. The van der Waals surface area contributed by atoms with Crippen LogP contribution in [-0.4, -0.2) is 38.7 Å². The van der Waals surface area contributed by atoms with Gasteiger partial charge in [0, 0.05) is 42.2 Å². The molecule has 9 heteroatoms. The van der Waals surface area contributed by atoms with E-state index in [4.69, 9.17) is 4.74 Å². The molecule has 0 N–H and O–H groups in total. The number of nitro groups is 1. The average Bonchev–Trinajstić information content (AvgIpc) is 3.41. The monoisotopic (exact) mass is 431 g/mol. The molecule has 29 heavy (non-hydrogen) atoms. The molecule has 1 atom stereocenters. The number of aryl methyl sites for hydroxylation is 1. The van der Waals surface area contributed by atoms with Crippen LogP contribution in [-0.2, 0) is 11.3 Å². The summed E-state index contributed by atoms with van der Waals surface area (Å²) >= 11 is 2.75. The van der Waals surface area contributed by atoms with Gasteiger partial charge in [-0.15, -0.1) is 11.3 Å². The highest BCUT2D eigenvalue weighted by Crippen LogP contribution is 2.32. The molecule has 3 heterocycles. The van der Waals surface area contributed by atoms with Gasteiger partial charge in [0.1, 0.15) is 0 Å². The summed E-state index contributed by atoms with van der Waals surface area (Å²) in [7, 11) is 0. The number of nitrogens with zero attached hydrogens (tertiary/aromatic N) is 3. The van der Waals surface area contributed by atoms with E-state index in [1.54, 1.807) is 6.07 Å². The maximum atomic E-state index is 12.8. The van der Waals surface area contributed by atoms with Crippen molar-refractivity contribution in [3.05, 3.63) is 51.3 Å². The number of hydrogen-bond donors (Lipinski definition) is 0. The zero-order valence-corrected chi connectivity index (χ0v) is 17.8. The van der Waals surface area contributed by atoms with Gasteiger partial charge in [0.2, 0.25) is 0 Å². The zero-order chi connectivity index (χ0) is 20.5. The molecule has 0 aliphatic carbocycles. The maximum Gasteiger partial charge on any atom is 0.270 e. The highest BCUT2D eigenvalue weighted by Gasteiger charge is 2.21. The van der Waals surface area contributed by atoms with Gasteiger partial charge >= 0.3 is 0 Å². The minimum atomic E-state index is -0.415. The molecule has 152 valence electrons. The smallest absolute Gasteiger partial charge is 0.270 e. The first-order valence-electron chi connectivity index (χ1n) is 9.41. The summed E-state index contributed by atoms with van der Waals surface area (Å²) in [4.78, 5) is 27.8. The molecule has 0 unspecified atom stereocenters. The number of benzene rings is 1. The lowest BCUT2D eigenvalue weighted by Crippen LogP contribution is -2.17. The first-order chi connectivity index (χ1) is 13.9. The molecule has 0 radical (unpaired) electrons. The highest BCUT2D eigenvalue weighted by molar-refractivity contribution is 8.01. The first-order valence-corrected chi connectivity index (χ1v) is 11.2. The number of thioether (sulfide) groups is 1. The number of aromatic nitrogens is 2. The summed E-state index contributed by atoms with van der Waals surface area (Å²) < 4.78 is 9.40. The molecule has 0 bridgehead atoms. The lowest BCUT2D eigenvalue weighted by molar-refractivity contribution is -0.384. The van der Waals surface area contributed by atoms with Crippen LogP contribution in [0.2, 0.25) is 0 Å². The third-order valence-electron chi connectivity index (χ3n) is 5.17. The van der Waals surface area contributed by atoms with Crippen molar-refractivity contribution in [2.45, 2.75) is 43.7 Å². The molecule has 3 aromatic rings. The average molecular weight is 432 g/mol. The number of carbonyl (C=O) groups excluding carboxylic acids is 1. The Bertz CT molecular complexity index is 1080. The van der Waals surface area contributed by atoms with Crippen molar-refractivity contribution in [3.63, 3.8) is 0 Å². The number of hydrogen-bond acceptors (Lipinski definition) is 7. The number of fused-ring (bicyclic) bond motifs is 1. The Morgan fingerprint density at radius 3 is 2.97 bits per heavy atom. The van der Waals surface area contributed by atoms with Gasteiger partial charge in [-0.25, -0.2) is 4.98 Å². The number of carbonyl (C=O) groups is 1. The summed E-state index contributed by atoms with van der Waals surface area (Å²) in [6.45, 7) is 5.61. The number of rotatable bonds is 7. The number of non-ortho nitro benzene ring substituents is 1. The van der Waals surface area contributed by atoms with E-state index in [0.717, 1.165) is 52.0 Å². The molecule has 1 aromatic carbocycles. The number of thiazole rings is 1. The van der Waals surface area contributed by atoms with Crippen LogP contribution in [0.15, 0.2) is 28.6 Å². The normalized spacial score (nSPS) is 16.6. The third kappa shape index (κ3) is 4.22. The van der Waals surface area contributed by atoms with E-state index in [9.17, 15) is 14.9 Å². The Balaban J connectivity index is 1.45. The standard InChI is InChI=1S/C20H21N3O4S2/c1-12-8-16(13(2)22(12)10-15-4-3-7-27-15)18(24)11-28-20-21-17-6-5-14(23(25)26)9-19(17)29-20/h5-6,8-9,15H,3-4,7,10-11H2,1-2H3/t15-/m0/s1. The van der Waals surface area contributed by atoms with Crippen LogP contribution in [0, 0.1) is 24.0 Å². The van der Waals surface area contributed by atoms with Gasteiger partial charge in [-0.05, 0) is 38.8 Å². The molecule has 1 aliphatic heterocycles. The second-order valence-corrected chi connectivity index (χ2v) is 9.38. The van der Waals surface area contributed by atoms with Crippen molar-refractivity contribution < 1.29 is 14.5 Å². The predicted octanol–water partition coefficient (Wildman–Crippen LogP) is 4.78. The van der Waals surface area contributed by atoms with Crippen molar-refractivity contribution in [3.8, 4) is 0 Å². The van der Waals surface area contributed by atoms with Gasteiger partial charge < -0.3 is 9.30 Å². The third-order valence-corrected chi connectivity index (χ3v) is 7.34. The fourth-order valence-electron chi connectivity index (χ4n) is 3.63. The van der Waals surface area contributed by atoms with E-state index in [1.165, 1.54) is 35.2 Å². The molecule has 4 rings (SSSR count). The van der Waals surface area contributed by atoms with Crippen LogP contribution in [0.25, 0.3) is 10.2 Å². The van der Waals surface area contributed by atoms with Crippen LogP contribution in [0.1, 0.15) is 34.6 Å². The minimum absolute atomic E-state index is 0.0486. The van der Waals surface area contributed by atoms with E-state index in [1.807, 2.05) is 19.9 Å². The Morgan fingerprint density at radius 2 is 2.24 bits per heavy atom. The van der Waals surface area contributed by atoms with Crippen LogP contribution < -0.4 is 0 Å². The molecule has 7 nitrogen and oxygen atoms in total. The van der Waals surface area contributed by atoms with Crippen LogP contribution in [0.4, 0.5) is 5.69 Å². The SMILES string of the molecule is Cc1cc(C(=O)CSc2nc3ccc([N+](=O)[O-])cc3s2)c(C)n1C[C@@H]1CCCO1. The van der Waals surface area contributed by atoms with Gasteiger partial charge in [-0.3, -0.25) is 14.9 Å². The molecule has 2 aromatic heterocycles. The van der Waals surface area contributed by atoms with E-state index in [2.05, 4.69) is 9.55 Å². The van der Waals surface area contributed by atoms with Gasteiger partial charge in [0.25, 0.3) is 5.69 Å². The second-order valence-electron chi connectivity index (χ2n) is 7.13. The van der Waals surface area contributed by atoms with Crippen molar-refractivity contribution >= 4 is 44.8 Å². The Kier molecular flexibility index (Phi) is 5.71. The topological polar surface area (TPSA) is 87.3 Å². The molecule has 0 spiro atoms. The number of nitro benzene ring substituents is 1. The van der Waals surface area contributed by atoms with Crippen molar-refractivity contribution in [1.29, 1.82) is 0 Å². The van der Waals surface area contributed by atoms with Crippen molar-refractivity contribution in [1.82, 2.24) is 9.55 Å².